The van der Waals surface area contributed by atoms with E-state index in [-0.39, 0.29) is 30.8 Å². The topological polar surface area (TPSA) is 124 Å². The predicted octanol–water partition coefficient (Wildman–Crippen LogP) is 2.64. The number of β-amino-alcohol motifs (C(OH)–C–C–N with tert-alkyl or cyclic N) is 1. The van der Waals surface area contributed by atoms with Gasteiger partial charge in [-0.3, -0.25) is 9.59 Å². The van der Waals surface area contributed by atoms with Crippen LogP contribution in [-0.4, -0.2) is 61.5 Å². The van der Waals surface area contributed by atoms with Gasteiger partial charge in [-0.15, -0.1) is 5.10 Å². The first-order chi connectivity index (χ1) is 17.1. The molecule has 5 rings (SSSR count). The third kappa shape index (κ3) is 4.87. The molecule has 1 saturated heterocycles. The van der Waals surface area contributed by atoms with Crippen molar-refractivity contribution in [2.45, 2.75) is 88.9 Å². The van der Waals surface area contributed by atoms with Crippen molar-refractivity contribution >= 4 is 11.8 Å². The highest BCUT2D eigenvalue weighted by atomic mass is 16.3. The molecule has 1 aromatic heterocycles. The first kappa shape index (κ1) is 24.4. The Kier molecular flexibility index (Phi) is 6.33. The maximum atomic E-state index is 13.8. The summed E-state index contributed by atoms with van der Waals surface area (Å²) in [6.07, 6.45) is 5.11. The van der Waals surface area contributed by atoms with Gasteiger partial charge in [-0.05, 0) is 54.7 Å². The Hall–Kier alpha value is -3.25. The average molecular weight is 491 g/mol. The van der Waals surface area contributed by atoms with Crippen LogP contribution < -0.4 is 5.32 Å². The second-order valence-corrected chi connectivity index (χ2v) is 11.7. The van der Waals surface area contributed by atoms with Crippen molar-refractivity contribution in [3.8, 4) is 6.07 Å². The number of carbonyl (C=O) groups excluding carboxylic acids is 2. The molecule has 1 aromatic carbocycles. The van der Waals surface area contributed by atoms with Crippen LogP contribution >= 0.6 is 0 Å². The molecule has 3 fully saturated rings. The maximum absolute atomic E-state index is 13.8. The zero-order valence-electron chi connectivity index (χ0n) is 21.1. The Balaban J connectivity index is 1.26. The van der Waals surface area contributed by atoms with Crippen LogP contribution in [0.3, 0.4) is 0 Å². The number of amides is 2. The minimum absolute atomic E-state index is 0.0118. The van der Waals surface area contributed by atoms with E-state index >= 15 is 0 Å². The molecule has 190 valence electrons. The minimum Gasteiger partial charge on any atom is -0.391 e. The number of rotatable bonds is 6. The van der Waals surface area contributed by atoms with E-state index in [0.717, 1.165) is 36.9 Å². The van der Waals surface area contributed by atoms with Crippen LogP contribution in [0.15, 0.2) is 30.5 Å². The summed E-state index contributed by atoms with van der Waals surface area (Å²) in [4.78, 5) is 28.6. The molecule has 0 radical (unpaired) electrons. The molecular formula is C27H34N6O3. The number of hydrogen-bond donors (Lipinski definition) is 2. The molecule has 1 aliphatic heterocycles. The molecule has 2 saturated carbocycles. The van der Waals surface area contributed by atoms with Gasteiger partial charge in [0.15, 0.2) is 0 Å². The second-order valence-electron chi connectivity index (χ2n) is 11.7. The molecule has 2 amide bonds. The molecule has 2 aromatic rings. The van der Waals surface area contributed by atoms with E-state index < -0.39 is 23.6 Å². The summed E-state index contributed by atoms with van der Waals surface area (Å²) in [5.41, 5.74) is 2.20. The smallest absolute Gasteiger partial charge is 0.248 e. The lowest BCUT2D eigenvalue weighted by molar-refractivity contribution is -0.144. The fraction of sp³-hybridized carbons (Fsp3) is 0.593. The lowest BCUT2D eigenvalue weighted by atomic mass is 9.75. The van der Waals surface area contributed by atoms with Crippen molar-refractivity contribution in [3.05, 3.63) is 47.3 Å². The van der Waals surface area contributed by atoms with Gasteiger partial charge in [0.25, 0.3) is 0 Å². The Bertz CT molecular complexity index is 1180. The predicted molar refractivity (Wildman–Crippen MR) is 132 cm³/mol. The number of nitrogens with one attached hydrogen (secondary N) is 1. The molecule has 2 N–H and O–H groups in total. The van der Waals surface area contributed by atoms with Crippen molar-refractivity contribution in [2.24, 2.45) is 5.41 Å². The molecule has 3 aliphatic rings. The fourth-order valence-corrected chi connectivity index (χ4v) is 5.49. The fourth-order valence-electron chi connectivity index (χ4n) is 5.49. The third-order valence-electron chi connectivity index (χ3n) is 7.68. The summed E-state index contributed by atoms with van der Waals surface area (Å²) in [5.74, 6) is 0.286. The van der Waals surface area contributed by atoms with E-state index in [1.807, 2.05) is 45.2 Å². The first-order valence-electron chi connectivity index (χ1n) is 12.8. The van der Waals surface area contributed by atoms with Gasteiger partial charge in [-0.2, -0.15) is 5.26 Å². The Morgan fingerprint density at radius 2 is 1.94 bits per heavy atom. The number of hydrogen-bond acceptors (Lipinski definition) is 6. The lowest BCUT2D eigenvalue weighted by Crippen LogP contribution is -2.53. The van der Waals surface area contributed by atoms with Crippen LogP contribution in [0.4, 0.5) is 0 Å². The highest BCUT2D eigenvalue weighted by Crippen LogP contribution is 2.41. The summed E-state index contributed by atoms with van der Waals surface area (Å²) >= 11 is 0. The summed E-state index contributed by atoms with van der Waals surface area (Å²) in [6, 6.07) is 8.43. The van der Waals surface area contributed by atoms with Crippen molar-refractivity contribution in [3.63, 3.8) is 0 Å². The molecular weight excluding hydrogens is 456 g/mol. The van der Waals surface area contributed by atoms with E-state index in [1.54, 1.807) is 10.7 Å². The first-order valence-corrected chi connectivity index (χ1v) is 12.8. The van der Waals surface area contributed by atoms with Gasteiger partial charge in [0.05, 0.1) is 23.4 Å². The summed E-state index contributed by atoms with van der Waals surface area (Å²) in [7, 11) is 0. The molecule has 36 heavy (non-hydrogen) atoms. The van der Waals surface area contributed by atoms with E-state index in [4.69, 9.17) is 5.26 Å². The van der Waals surface area contributed by atoms with Gasteiger partial charge in [-0.25, -0.2) is 4.68 Å². The highest BCUT2D eigenvalue weighted by molar-refractivity contribution is 5.90. The van der Waals surface area contributed by atoms with Crippen LogP contribution in [0.2, 0.25) is 0 Å². The van der Waals surface area contributed by atoms with Crippen molar-refractivity contribution in [1.29, 1.82) is 5.26 Å². The van der Waals surface area contributed by atoms with Gasteiger partial charge in [0, 0.05) is 31.1 Å². The summed E-state index contributed by atoms with van der Waals surface area (Å²) in [6.45, 7) is 6.06. The average Bonchev–Trinajstić information content (AvgIpc) is 3.42. The van der Waals surface area contributed by atoms with Crippen LogP contribution in [0.1, 0.15) is 87.6 Å². The number of aliphatic hydroxyl groups is 1. The summed E-state index contributed by atoms with van der Waals surface area (Å²) < 4.78 is 1.64. The lowest BCUT2D eigenvalue weighted by Gasteiger charge is -2.38. The quantitative estimate of drug-likeness (QED) is 0.642. The Labute approximate surface area is 211 Å². The van der Waals surface area contributed by atoms with E-state index in [0.29, 0.717) is 17.4 Å². The summed E-state index contributed by atoms with van der Waals surface area (Å²) in [5, 5.41) is 31.2. The van der Waals surface area contributed by atoms with Crippen LogP contribution in [0.5, 0.6) is 0 Å². The molecule has 0 spiro atoms. The number of aliphatic hydroxyl groups excluding tert-OH is 1. The number of carbonyl (C=O) groups is 2. The number of benzene rings is 1. The van der Waals surface area contributed by atoms with Crippen molar-refractivity contribution in [1.82, 2.24) is 25.2 Å². The zero-order valence-corrected chi connectivity index (χ0v) is 21.1. The third-order valence-corrected chi connectivity index (χ3v) is 7.68. The van der Waals surface area contributed by atoms with Crippen LogP contribution in [0.25, 0.3) is 0 Å². The van der Waals surface area contributed by atoms with E-state index in [9.17, 15) is 14.7 Å². The van der Waals surface area contributed by atoms with E-state index in [2.05, 4.69) is 21.7 Å². The molecule has 2 aliphatic carbocycles. The van der Waals surface area contributed by atoms with Gasteiger partial charge >= 0.3 is 0 Å². The molecule has 9 nitrogen and oxygen atoms in total. The van der Waals surface area contributed by atoms with Crippen molar-refractivity contribution < 1.29 is 14.7 Å². The Morgan fingerprint density at radius 1 is 1.19 bits per heavy atom. The maximum Gasteiger partial charge on any atom is 0.248 e. The molecule has 2 unspecified atom stereocenters. The number of nitrogens with zero attached hydrogens (tertiary/aromatic N) is 5. The number of likely N-dealkylation sites (tertiary alicyclic amines) is 1. The van der Waals surface area contributed by atoms with Gasteiger partial charge in [-0.1, -0.05) is 38.1 Å². The standard InChI is InChI=1S/C27H34N6O3/c1-27(2,3)24(33-15-22(30-31-33)17-7-8-17)26(36)32-14-21(34)12-23(32)25(35)29-20-10-19(11-20)18-6-4-5-16(9-18)13-28/h4-6,9,15,17,19-21,23-24,34H,7-8,10-12,14H2,1-3H3,(H,29,35)/t19?,20?,21?,23?,24-/m1/s1. The Morgan fingerprint density at radius 3 is 2.61 bits per heavy atom. The zero-order chi connectivity index (χ0) is 25.6. The molecule has 2 heterocycles. The van der Waals surface area contributed by atoms with E-state index in [1.165, 1.54) is 4.90 Å². The SMILES string of the molecule is CC(C)(C)[C@@H](C(=O)N1CC(O)CC1C(=O)NC1CC(c2cccc(C#N)c2)C1)n1cc(C2CC2)nn1. The number of aromatic nitrogens is 3. The van der Waals surface area contributed by atoms with Gasteiger partial charge in [0.1, 0.15) is 12.1 Å². The normalized spacial score (nSPS) is 26.7. The number of nitriles is 1. The monoisotopic (exact) mass is 490 g/mol. The van der Waals surface area contributed by atoms with Crippen LogP contribution in [0, 0.1) is 16.7 Å². The molecule has 9 heteroatoms. The molecule has 3 atom stereocenters. The molecule has 0 bridgehead atoms. The van der Waals surface area contributed by atoms with Gasteiger partial charge < -0.3 is 15.3 Å². The van der Waals surface area contributed by atoms with Gasteiger partial charge in [0.2, 0.25) is 11.8 Å². The largest absolute Gasteiger partial charge is 0.391 e. The minimum atomic E-state index is -0.744. The highest BCUT2D eigenvalue weighted by Gasteiger charge is 2.46. The van der Waals surface area contributed by atoms with Crippen LogP contribution in [-0.2, 0) is 9.59 Å². The van der Waals surface area contributed by atoms with Crippen molar-refractivity contribution in [2.75, 3.05) is 6.54 Å². The second kappa shape index (κ2) is 9.32.